The summed E-state index contributed by atoms with van der Waals surface area (Å²) in [6.07, 6.45) is 7.73. The van der Waals surface area contributed by atoms with Crippen molar-refractivity contribution in [3.05, 3.63) is 36.2 Å². The Morgan fingerprint density at radius 3 is 2.88 bits per heavy atom. The lowest BCUT2D eigenvalue weighted by molar-refractivity contribution is -0.120. The van der Waals surface area contributed by atoms with Crippen LogP contribution in [0.3, 0.4) is 0 Å². The minimum Gasteiger partial charge on any atom is -0.425 e. The molecule has 0 spiro atoms. The van der Waals surface area contributed by atoms with Gasteiger partial charge in [0.05, 0.1) is 17.9 Å². The molecule has 2 heterocycles. The summed E-state index contributed by atoms with van der Waals surface area (Å²) in [5.41, 5.74) is 3.76. The lowest BCUT2D eigenvalue weighted by atomic mass is 10.0. The summed E-state index contributed by atoms with van der Waals surface area (Å²) in [5.74, 6) is 0.915. The Kier molecular flexibility index (Phi) is 4.09. The molecule has 3 aromatic rings. The Hall–Kier alpha value is -2.54. The van der Waals surface area contributed by atoms with E-state index in [-0.39, 0.29) is 0 Å². The van der Waals surface area contributed by atoms with Crippen molar-refractivity contribution < 1.29 is 14.4 Å². The fraction of sp³-hybridized carbons (Fsp3) is 0.278. The molecule has 1 aliphatic carbocycles. The van der Waals surface area contributed by atoms with E-state index in [2.05, 4.69) is 22.1 Å². The zero-order chi connectivity index (χ0) is 17.4. The molecule has 2 aromatic heterocycles. The second kappa shape index (κ2) is 6.40. The maximum Gasteiger partial charge on any atom is 0.298 e. The normalized spacial score (nSPS) is 13.8. The van der Waals surface area contributed by atoms with Crippen molar-refractivity contribution in [2.24, 2.45) is 0 Å². The molecule has 25 heavy (non-hydrogen) atoms. The Morgan fingerprint density at radius 2 is 2.20 bits per heavy atom. The molecule has 128 valence electrons. The summed E-state index contributed by atoms with van der Waals surface area (Å²) in [4.78, 5) is 25.2. The van der Waals surface area contributed by atoms with Crippen LogP contribution in [0.15, 0.2) is 35.7 Å². The van der Waals surface area contributed by atoms with Crippen LogP contribution in [-0.2, 0) is 4.79 Å². The van der Waals surface area contributed by atoms with Crippen LogP contribution in [0, 0.1) is 0 Å². The highest BCUT2D eigenvalue weighted by molar-refractivity contribution is 7.98. The molecule has 1 saturated carbocycles. The van der Waals surface area contributed by atoms with Crippen LogP contribution in [0.2, 0.25) is 0 Å². The van der Waals surface area contributed by atoms with Gasteiger partial charge in [-0.05, 0) is 30.6 Å². The number of carbonyl (C=O) groups excluding carboxylic acids is 1. The van der Waals surface area contributed by atoms with E-state index in [1.54, 1.807) is 11.8 Å². The number of thioether (sulfide) groups is 1. The van der Waals surface area contributed by atoms with Gasteiger partial charge in [-0.1, -0.05) is 30.0 Å². The third-order valence-corrected chi connectivity index (χ3v) is 4.95. The number of rotatable bonds is 6. The van der Waals surface area contributed by atoms with Gasteiger partial charge in [-0.3, -0.25) is 4.79 Å². The maximum atomic E-state index is 10.9. The first-order chi connectivity index (χ1) is 12.3. The standard InChI is InChI=1S/C18H17N3O3S/c1-23-21-9-14(13-5-3-4-12(17(13)21)11-6-7-11)16-15(24-10-22)8-19-18(20-16)25-2/h3-5,8-11H,6-7H2,1-2H3. The number of nitrogens with zero attached hydrogens (tertiary/aromatic N) is 3. The number of ether oxygens (including phenoxy) is 1. The number of carbonyl (C=O) groups is 1. The molecule has 4 rings (SSSR count). The largest absolute Gasteiger partial charge is 0.425 e. The van der Waals surface area contributed by atoms with Crippen LogP contribution >= 0.6 is 11.8 Å². The van der Waals surface area contributed by atoms with Gasteiger partial charge in [0.15, 0.2) is 10.9 Å². The van der Waals surface area contributed by atoms with Crippen molar-refractivity contribution in [3.63, 3.8) is 0 Å². The minimum atomic E-state index is 0.333. The average molecular weight is 355 g/mol. The molecule has 0 N–H and O–H groups in total. The molecule has 0 amide bonds. The number of fused-ring (bicyclic) bond motifs is 1. The summed E-state index contributed by atoms with van der Waals surface area (Å²) >= 11 is 1.44. The quantitative estimate of drug-likeness (QED) is 0.384. The topological polar surface area (TPSA) is 66.2 Å². The molecule has 0 atom stereocenters. The summed E-state index contributed by atoms with van der Waals surface area (Å²) in [7, 11) is 1.64. The molecule has 0 radical (unpaired) electrons. The number of hydrogen-bond donors (Lipinski definition) is 0. The number of hydrogen-bond acceptors (Lipinski definition) is 6. The molecule has 1 aliphatic rings. The summed E-state index contributed by atoms with van der Waals surface area (Å²) in [5, 5.41) is 1.64. The first-order valence-electron chi connectivity index (χ1n) is 7.97. The van der Waals surface area contributed by atoms with E-state index >= 15 is 0 Å². The maximum absolute atomic E-state index is 10.9. The number of aromatic nitrogens is 3. The Bertz CT molecular complexity index is 950. The highest BCUT2D eigenvalue weighted by Crippen LogP contribution is 2.45. The van der Waals surface area contributed by atoms with Gasteiger partial charge in [0.1, 0.15) is 12.8 Å². The van der Waals surface area contributed by atoms with Crippen molar-refractivity contribution in [1.29, 1.82) is 0 Å². The van der Waals surface area contributed by atoms with Crippen molar-refractivity contribution in [3.8, 4) is 17.0 Å². The van der Waals surface area contributed by atoms with Crippen LogP contribution in [0.1, 0.15) is 24.3 Å². The molecule has 1 aromatic carbocycles. The highest BCUT2D eigenvalue weighted by Gasteiger charge is 2.28. The Labute approximate surface area is 149 Å². The molecule has 1 fully saturated rings. The molecule has 0 unspecified atom stereocenters. The minimum absolute atomic E-state index is 0.333. The predicted octanol–water partition coefficient (Wildman–Crippen LogP) is 3.29. The molecule has 6 nitrogen and oxygen atoms in total. The smallest absolute Gasteiger partial charge is 0.298 e. The van der Waals surface area contributed by atoms with Gasteiger partial charge in [0, 0.05) is 10.9 Å². The van der Waals surface area contributed by atoms with Gasteiger partial charge in [-0.25, -0.2) is 9.97 Å². The second-order valence-electron chi connectivity index (χ2n) is 5.85. The molecule has 7 heteroatoms. The number of benzene rings is 1. The second-order valence-corrected chi connectivity index (χ2v) is 6.63. The first-order valence-corrected chi connectivity index (χ1v) is 9.19. The van der Waals surface area contributed by atoms with Crippen molar-refractivity contribution in [2.75, 3.05) is 13.4 Å². The SMILES string of the molecule is COn1cc(-c2nc(SC)ncc2OC=O)c2cccc(C3CC3)c21. The Balaban J connectivity index is 1.98. The molecule has 0 aliphatic heterocycles. The van der Waals surface area contributed by atoms with Crippen LogP contribution in [0.5, 0.6) is 5.75 Å². The molecular weight excluding hydrogens is 338 g/mol. The van der Waals surface area contributed by atoms with Crippen molar-refractivity contribution in [1.82, 2.24) is 14.7 Å². The van der Waals surface area contributed by atoms with E-state index in [0.717, 1.165) is 16.5 Å². The van der Waals surface area contributed by atoms with Gasteiger partial charge in [0.25, 0.3) is 6.47 Å². The van der Waals surface area contributed by atoms with Gasteiger partial charge in [-0.15, -0.1) is 0 Å². The van der Waals surface area contributed by atoms with E-state index in [1.165, 1.54) is 36.4 Å². The predicted molar refractivity (Wildman–Crippen MR) is 95.9 cm³/mol. The summed E-state index contributed by atoms with van der Waals surface area (Å²) < 4.78 is 6.88. The van der Waals surface area contributed by atoms with Gasteiger partial charge < -0.3 is 9.57 Å². The lowest BCUT2D eigenvalue weighted by Crippen LogP contribution is -2.04. The van der Waals surface area contributed by atoms with Gasteiger partial charge in [-0.2, -0.15) is 4.73 Å². The zero-order valence-electron chi connectivity index (χ0n) is 13.9. The van der Waals surface area contributed by atoms with Gasteiger partial charge >= 0.3 is 0 Å². The lowest BCUT2D eigenvalue weighted by Gasteiger charge is -2.07. The van der Waals surface area contributed by atoms with E-state index in [9.17, 15) is 4.79 Å². The first kappa shape index (κ1) is 16.0. The fourth-order valence-corrected chi connectivity index (χ4v) is 3.46. The average Bonchev–Trinajstić information content (AvgIpc) is 3.42. The summed E-state index contributed by atoms with van der Waals surface area (Å²) in [6.45, 7) is 0.395. The third kappa shape index (κ3) is 2.74. The molecular formula is C18H17N3O3S. The Morgan fingerprint density at radius 1 is 1.36 bits per heavy atom. The van der Waals surface area contributed by atoms with Crippen LogP contribution in [0.25, 0.3) is 22.2 Å². The zero-order valence-corrected chi connectivity index (χ0v) is 14.7. The third-order valence-electron chi connectivity index (χ3n) is 4.38. The van der Waals surface area contributed by atoms with E-state index in [0.29, 0.717) is 29.0 Å². The number of para-hydroxylation sites is 1. The van der Waals surface area contributed by atoms with E-state index in [1.807, 2.05) is 18.5 Å². The molecule has 0 saturated heterocycles. The van der Waals surface area contributed by atoms with E-state index < -0.39 is 0 Å². The highest BCUT2D eigenvalue weighted by atomic mass is 32.2. The molecule has 0 bridgehead atoms. The van der Waals surface area contributed by atoms with Crippen LogP contribution < -0.4 is 9.57 Å². The van der Waals surface area contributed by atoms with E-state index in [4.69, 9.17) is 9.57 Å². The van der Waals surface area contributed by atoms with Crippen LogP contribution in [-0.4, -0.2) is 34.5 Å². The summed E-state index contributed by atoms with van der Waals surface area (Å²) in [6, 6.07) is 6.24. The fourth-order valence-electron chi connectivity index (χ4n) is 3.12. The van der Waals surface area contributed by atoms with Crippen molar-refractivity contribution in [2.45, 2.75) is 23.9 Å². The van der Waals surface area contributed by atoms with Crippen LogP contribution in [0.4, 0.5) is 0 Å². The monoisotopic (exact) mass is 355 g/mol. The van der Waals surface area contributed by atoms with Crippen molar-refractivity contribution >= 4 is 29.1 Å². The van der Waals surface area contributed by atoms with Gasteiger partial charge in [0.2, 0.25) is 0 Å².